The van der Waals surface area contributed by atoms with Gasteiger partial charge in [0, 0.05) is 25.6 Å². The lowest BCUT2D eigenvalue weighted by Crippen LogP contribution is -2.42. The number of carboxylic acid groups (broad SMARTS) is 1. The van der Waals surface area contributed by atoms with E-state index in [0.29, 0.717) is 32.4 Å². The average molecular weight is 242 g/mol. The topological polar surface area (TPSA) is 69.6 Å². The van der Waals surface area contributed by atoms with Gasteiger partial charge in [-0.2, -0.15) is 0 Å². The van der Waals surface area contributed by atoms with Gasteiger partial charge in [0.2, 0.25) is 5.91 Å². The van der Waals surface area contributed by atoms with Gasteiger partial charge in [0.25, 0.3) is 0 Å². The van der Waals surface area contributed by atoms with Crippen molar-refractivity contribution in [1.29, 1.82) is 0 Å². The molecule has 1 aliphatic rings. The van der Waals surface area contributed by atoms with Crippen LogP contribution in [-0.4, -0.2) is 47.6 Å². The molecule has 0 bridgehead atoms. The molecule has 98 valence electrons. The molecule has 1 saturated heterocycles. The highest BCUT2D eigenvalue weighted by molar-refractivity contribution is 5.77. The number of carbonyl (C=O) groups excluding carboxylic acids is 1. The number of likely N-dealkylation sites (tertiary alicyclic amines) is 1. The Bertz CT molecular complexity index is 273. The molecule has 1 atom stereocenters. The van der Waals surface area contributed by atoms with Gasteiger partial charge in [-0.25, -0.2) is 0 Å². The molecule has 0 aromatic heterocycles. The third kappa shape index (κ3) is 4.34. The fourth-order valence-corrected chi connectivity index (χ4v) is 2.19. The Kier molecular flexibility index (Phi) is 5.41. The lowest BCUT2D eigenvalue weighted by atomic mass is 9.97. The SMILES string of the molecule is CCNC(C)CC(=O)N1CCC(C(=O)O)CC1. The van der Waals surface area contributed by atoms with Crippen LogP contribution < -0.4 is 5.32 Å². The molecular weight excluding hydrogens is 220 g/mol. The quantitative estimate of drug-likeness (QED) is 0.744. The fraction of sp³-hybridized carbons (Fsp3) is 0.833. The van der Waals surface area contributed by atoms with Crippen molar-refractivity contribution in [2.24, 2.45) is 5.92 Å². The summed E-state index contributed by atoms with van der Waals surface area (Å²) in [7, 11) is 0. The maximum Gasteiger partial charge on any atom is 0.306 e. The van der Waals surface area contributed by atoms with Crippen LogP contribution in [0.3, 0.4) is 0 Å². The molecule has 0 saturated carbocycles. The van der Waals surface area contributed by atoms with Crippen LogP contribution in [-0.2, 0) is 9.59 Å². The minimum absolute atomic E-state index is 0.127. The van der Waals surface area contributed by atoms with E-state index in [4.69, 9.17) is 5.11 Å². The van der Waals surface area contributed by atoms with E-state index in [-0.39, 0.29) is 17.9 Å². The van der Waals surface area contributed by atoms with E-state index in [1.54, 1.807) is 4.90 Å². The lowest BCUT2D eigenvalue weighted by molar-refractivity contribution is -0.145. The van der Waals surface area contributed by atoms with Crippen molar-refractivity contribution in [2.75, 3.05) is 19.6 Å². The Labute approximate surface area is 102 Å². The Morgan fingerprint density at radius 1 is 1.41 bits per heavy atom. The van der Waals surface area contributed by atoms with Crippen LogP contribution in [0.5, 0.6) is 0 Å². The minimum Gasteiger partial charge on any atom is -0.481 e. The smallest absolute Gasteiger partial charge is 0.306 e. The second-order valence-electron chi connectivity index (χ2n) is 4.66. The molecule has 0 radical (unpaired) electrons. The largest absolute Gasteiger partial charge is 0.481 e. The van der Waals surface area contributed by atoms with E-state index in [2.05, 4.69) is 5.32 Å². The molecule has 0 aromatic carbocycles. The number of aliphatic carboxylic acids is 1. The minimum atomic E-state index is -0.738. The monoisotopic (exact) mass is 242 g/mol. The number of nitrogens with one attached hydrogen (secondary N) is 1. The number of rotatable bonds is 5. The molecule has 5 heteroatoms. The van der Waals surface area contributed by atoms with Crippen LogP contribution in [0.2, 0.25) is 0 Å². The molecule has 0 aliphatic carbocycles. The second-order valence-corrected chi connectivity index (χ2v) is 4.66. The van der Waals surface area contributed by atoms with Gasteiger partial charge >= 0.3 is 5.97 Å². The molecule has 1 unspecified atom stereocenters. The maximum atomic E-state index is 11.9. The molecule has 1 rings (SSSR count). The summed E-state index contributed by atoms with van der Waals surface area (Å²) in [5.41, 5.74) is 0. The fourth-order valence-electron chi connectivity index (χ4n) is 2.19. The molecule has 1 fully saturated rings. The highest BCUT2D eigenvalue weighted by atomic mass is 16.4. The zero-order valence-electron chi connectivity index (χ0n) is 10.6. The van der Waals surface area contributed by atoms with E-state index >= 15 is 0 Å². The standard InChI is InChI=1S/C12H22N2O3/c1-3-13-9(2)8-11(15)14-6-4-10(5-7-14)12(16)17/h9-10,13H,3-8H2,1-2H3,(H,16,17). The Balaban J connectivity index is 2.33. The first-order valence-electron chi connectivity index (χ1n) is 6.28. The number of nitrogens with zero attached hydrogens (tertiary/aromatic N) is 1. The number of carbonyl (C=O) groups is 2. The van der Waals surface area contributed by atoms with Crippen molar-refractivity contribution < 1.29 is 14.7 Å². The lowest BCUT2D eigenvalue weighted by Gasteiger charge is -2.31. The summed E-state index contributed by atoms with van der Waals surface area (Å²) < 4.78 is 0. The van der Waals surface area contributed by atoms with Gasteiger partial charge < -0.3 is 15.3 Å². The molecule has 2 N–H and O–H groups in total. The summed E-state index contributed by atoms with van der Waals surface area (Å²) in [6, 6.07) is 0.185. The van der Waals surface area contributed by atoms with Crippen LogP contribution >= 0.6 is 0 Å². The Hall–Kier alpha value is -1.10. The average Bonchev–Trinajstić information content (AvgIpc) is 2.29. The van der Waals surface area contributed by atoms with E-state index < -0.39 is 5.97 Å². The second kappa shape index (κ2) is 6.59. The summed E-state index contributed by atoms with van der Waals surface area (Å²) >= 11 is 0. The van der Waals surface area contributed by atoms with Crippen molar-refractivity contribution in [3.8, 4) is 0 Å². The summed E-state index contributed by atoms with van der Waals surface area (Å²) in [6.45, 7) is 6.02. The predicted molar refractivity (Wildman–Crippen MR) is 64.7 cm³/mol. The molecule has 5 nitrogen and oxygen atoms in total. The number of hydrogen-bond acceptors (Lipinski definition) is 3. The molecule has 0 spiro atoms. The van der Waals surface area contributed by atoms with Crippen LogP contribution in [0.25, 0.3) is 0 Å². The van der Waals surface area contributed by atoms with Gasteiger partial charge in [-0.3, -0.25) is 9.59 Å². The molecule has 1 heterocycles. The van der Waals surface area contributed by atoms with Gasteiger partial charge in [0.15, 0.2) is 0 Å². The third-order valence-electron chi connectivity index (χ3n) is 3.23. The first kappa shape index (κ1) is 14.0. The van der Waals surface area contributed by atoms with E-state index in [1.165, 1.54) is 0 Å². The predicted octanol–water partition coefficient (Wildman–Crippen LogP) is 0.698. The van der Waals surface area contributed by atoms with E-state index in [0.717, 1.165) is 6.54 Å². The molecule has 1 amide bonds. The van der Waals surface area contributed by atoms with Crippen LogP contribution in [0.1, 0.15) is 33.1 Å². The number of hydrogen-bond donors (Lipinski definition) is 2. The summed E-state index contributed by atoms with van der Waals surface area (Å²) in [5, 5.41) is 12.1. The van der Waals surface area contributed by atoms with E-state index in [1.807, 2.05) is 13.8 Å². The zero-order valence-corrected chi connectivity index (χ0v) is 10.6. The van der Waals surface area contributed by atoms with Gasteiger partial charge in [-0.1, -0.05) is 6.92 Å². The third-order valence-corrected chi connectivity index (χ3v) is 3.23. The van der Waals surface area contributed by atoms with Gasteiger partial charge in [0.1, 0.15) is 0 Å². The summed E-state index contributed by atoms with van der Waals surface area (Å²) in [5.74, 6) is -0.884. The van der Waals surface area contributed by atoms with Crippen LogP contribution in [0, 0.1) is 5.92 Å². The first-order chi connectivity index (χ1) is 8.04. The normalized spacial score (nSPS) is 19.1. The van der Waals surface area contributed by atoms with Crippen LogP contribution in [0.15, 0.2) is 0 Å². The van der Waals surface area contributed by atoms with Crippen molar-refractivity contribution in [3.63, 3.8) is 0 Å². The van der Waals surface area contributed by atoms with E-state index in [9.17, 15) is 9.59 Å². The highest BCUT2D eigenvalue weighted by Crippen LogP contribution is 2.18. The van der Waals surface area contributed by atoms with Gasteiger partial charge in [-0.05, 0) is 26.3 Å². The number of piperidine rings is 1. The van der Waals surface area contributed by atoms with Crippen molar-refractivity contribution in [2.45, 2.75) is 39.2 Å². The molecule has 1 aliphatic heterocycles. The summed E-state index contributed by atoms with van der Waals surface area (Å²) in [6.07, 6.45) is 1.65. The van der Waals surface area contributed by atoms with Gasteiger partial charge in [-0.15, -0.1) is 0 Å². The van der Waals surface area contributed by atoms with Crippen LogP contribution in [0.4, 0.5) is 0 Å². The Morgan fingerprint density at radius 3 is 2.47 bits per heavy atom. The molecular formula is C12H22N2O3. The highest BCUT2D eigenvalue weighted by Gasteiger charge is 2.27. The number of carboxylic acids is 1. The molecule has 17 heavy (non-hydrogen) atoms. The number of amides is 1. The van der Waals surface area contributed by atoms with Crippen molar-refractivity contribution in [3.05, 3.63) is 0 Å². The Morgan fingerprint density at radius 2 is 2.00 bits per heavy atom. The zero-order chi connectivity index (χ0) is 12.8. The van der Waals surface area contributed by atoms with Gasteiger partial charge in [0.05, 0.1) is 5.92 Å². The molecule has 0 aromatic rings. The summed E-state index contributed by atoms with van der Waals surface area (Å²) in [4.78, 5) is 24.5. The van der Waals surface area contributed by atoms with Crippen molar-refractivity contribution >= 4 is 11.9 Å². The first-order valence-corrected chi connectivity index (χ1v) is 6.28. The van der Waals surface area contributed by atoms with Crippen molar-refractivity contribution in [1.82, 2.24) is 10.2 Å². The maximum absolute atomic E-state index is 11.9.